The summed E-state index contributed by atoms with van der Waals surface area (Å²) in [6, 6.07) is 8.71. The van der Waals surface area contributed by atoms with E-state index >= 15 is 0 Å². The lowest BCUT2D eigenvalue weighted by Gasteiger charge is -2.32. The second kappa shape index (κ2) is 11.6. The largest absolute Gasteiger partial charge is 0.426 e. The van der Waals surface area contributed by atoms with Gasteiger partial charge in [0.2, 0.25) is 11.2 Å². The van der Waals surface area contributed by atoms with Gasteiger partial charge in [0, 0.05) is 42.6 Å². The van der Waals surface area contributed by atoms with E-state index in [0.717, 1.165) is 47.5 Å². The number of thiazole rings is 1. The molecule has 0 unspecified atom stereocenters. The van der Waals surface area contributed by atoms with Crippen LogP contribution in [0, 0.1) is 12.7 Å². The maximum Gasteiger partial charge on any atom is 0.225 e. The summed E-state index contributed by atoms with van der Waals surface area (Å²) in [4.78, 5) is 24.2. The van der Waals surface area contributed by atoms with Crippen molar-refractivity contribution in [1.29, 1.82) is 0 Å². The standard InChI is InChI=1S/C14H16BrN5O2S.C7H6ClF/c15-11-7-12(9-18-1-3-19(10-21)4-2-18)16-13(8-11)17-14-20(22)5-6-23-14;1-5-3-2-4-6(8)7(5)9/h5-8,10,22H,1-4,9H2;2-4H,1H3/b17-14-;. The number of nitrogens with zero attached hydrogens (tertiary/aromatic N) is 5. The summed E-state index contributed by atoms with van der Waals surface area (Å²) < 4.78 is 14.5. The van der Waals surface area contributed by atoms with Crippen molar-refractivity contribution in [3.63, 3.8) is 0 Å². The molecule has 7 nitrogen and oxygen atoms in total. The average molecular weight is 543 g/mol. The first-order valence-corrected chi connectivity index (χ1v) is 11.8. The number of carbonyl (C=O) groups excluding carboxylic acids is 1. The summed E-state index contributed by atoms with van der Waals surface area (Å²) in [5.74, 6) is 0.227. The molecule has 1 aliphatic rings. The lowest BCUT2D eigenvalue weighted by atomic mass is 10.2. The Morgan fingerprint density at radius 2 is 2.06 bits per heavy atom. The predicted octanol–water partition coefficient (Wildman–Crippen LogP) is 4.24. The SMILES string of the molecule is Cc1cccc(Cl)c1F.O=CN1CCN(Cc2cc(Br)cc(/N=c3\sccn3O)n2)CC1. The maximum absolute atomic E-state index is 12.6. The zero-order valence-corrected chi connectivity index (χ0v) is 20.4. The third kappa shape index (κ3) is 6.86. The molecule has 1 N–H and O–H groups in total. The molecule has 170 valence electrons. The molecule has 3 aromatic rings. The maximum atomic E-state index is 12.6. The van der Waals surface area contributed by atoms with E-state index in [1.54, 1.807) is 29.3 Å². The number of carbonyl (C=O) groups is 1. The van der Waals surface area contributed by atoms with Crippen molar-refractivity contribution >= 4 is 51.1 Å². The molecule has 3 heterocycles. The number of piperazine rings is 1. The molecule has 4 rings (SSSR count). The van der Waals surface area contributed by atoms with E-state index in [-0.39, 0.29) is 10.8 Å². The Kier molecular flexibility index (Phi) is 8.80. The van der Waals surface area contributed by atoms with Gasteiger partial charge in [0.1, 0.15) is 5.82 Å². The monoisotopic (exact) mass is 541 g/mol. The Bertz CT molecular complexity index is 1110. The molecule has 0 bridgehead atoms. The van der Waals surface area contributed by atoms with E-state index < -0.39 is 0 Å². The summed E-state index contributed by atoms with van der Waals surface area (Å²) in [5.41, 5.74) is 1.49. The number of hydrogen-bond acceptors (Lipinski definition) is 6. The number of pyridine rings is 1. The highest BCUT2D eigenvalue weighted by atomic mass is 79.9. The molecule has 1 amide bonds. The van der Waals surface area contributed by atoms with Crippen LogP contribution in [0.3, 0.4) is 0 Å². The van der Waals surface area contributed by atoms with E-state index in [0.29, 0.717) is 22.7 Å². The van der Waals surface area contributed by atoms with Crippen molar-refractivity contribution in [2.75, 3.05) is 26.2 Å². The second-order valence-corrected chi connectivity index (χ2v) is 9.26. The van der Waals surface area contributed by atoms with Crippen LogP contribution in [0.2, 0.25) is 5.02 Å². The highest BCUT2D eigenvalue weighted by Crippen LogP contribution is 2.19. The highest BCUT2D eigenvalue weighted by molar-refractivity contribution is 9.10. The number of rotatable bonds is 4. The van der Waals surface area contributed by atoms with Gasteiger partial charge in [-0.2, -0.15) is 9.72 Å². The van der Waals surface area contributed by atoms with Crippen LogP contribution in [0.15, 0.2) is 51.4 Å². The van der Waals surface area contributed by atoms with Gasteiger partial charge < -0.3 is 10.1 Å². The van der Waals surface area contributed by atoms with E-state index in [4.69, 9.17) is 11.6 Å². The van der Waals surface area contributed by atoms with E-state index in [2.05, 4.69) is 30.8 Å². The van der Waals surface area contributed by atoms with Gasteiger partial charge in [-0.15, -0.1) is 11.3 Å². The molecular weight excluding hydrogens is 521 g/mol. The third-order valence-electron chi connectivity index (χ3n) is 4.70. The normalized spacial score (nSPS) is 14.8. The fourth-order valence-corrected chi connectivity index (χ4v) is 4.29. The number of hydrogen-bond donors (Lipinski definition) is 1. The fraction of sp³-hybridized carbons (Fsp3) is 0.286. The molecular formula is C21H22BrClFN5O2S. The van der Waals surface area contributed by atoms with Crippen LogP contribution >= 0.6 is 38.9 Å². The molecule has 0 atom stereocenters. The first-order valence-electron chi connectivity index (χ1n) is 9.74. The molecule has 0 radical (unpaired) electrons. The summed E-state index contributed by atoms with van der Waals surface area (Å²) in [5, 5.41) is 11.6. The molecule has 0 spiro atoms. The van der Waals surface area contributed by atoms with Crippen molar-refractivity contribution < 1.29 is 14.4 Å². The Morgan fingerprint density at radius 3 is 2.66 bits per heavy atom. The molecule has 1 saturated heterocycles. The zero-order valence-electron chi connectivity index (χ0n) is 17.3. The molecule has 0 aliphatic carbocycles. The summed E-state index contributed by atoms with van der Waals surface area (Å²) in [6.07, 6.45) is 2.44. The van der Waals surface area contributed by atoms with Crippen LogP contribution in [-0.2, 0) is 11.3 Å². The Balaban J connectivity index is 0.000000269. The van der Waals surface area contributed by atoms with E-state index in [1.807, 2.05) is 12.1 Å². The Morgan fingerprint density at radius 1 is 1.31 bits per heavy atom. The third-order valence-corrected chi connectivity index (χ3v) is 6.19. The van der Waals surface area contributed by atoms with E-state index in [9.17, 15) is 14.4 Å². The van der Waals surface area contributed by atoms with Gasteiger partial charge >= 0.3 is 0 Å². The van der Waals surface area contributed by atoms with Gasteiger partial charge in [-0.25, -0.2) is 9.37 Å². The number of benzene rings is 1. The number of aromatic nitrogens is 2. The zero-order chi connectivity index (χ0) is 23.1. The summed E-state index contributed by atoms with van der Waals surface area (Å²) >= 11 is 10.3. The van der Waals surface area contributed by atoms with Crippen LogP contribution in [0.5, 0.6) is 0 Å². The highest BCUT2D eigenvalue weighted by Gasteiger charge is 2.16. The van der Waals surface area contributed by atoms with Gasteiger partial charge in [0.05, 0.1) is 16.9 Å². The van der Waals surface area contributed by atoms with Crippen LogP contribution in [0.4, 0.5) is 10.2 Å². The minimum Gasteiger partial charge on any atom is -0.426 e. The second-order valence-electron chi connectivity index (χ2n) is 7.07. The van der Waals surface area contributed by atoms with Crippen molar-refractivity contribution in [3.8, 4) is 0 Å². The van der Waals surface area contributed by atoms with Crippen LogP contribution in [-0.4, -0.2) is 57.3 Å². The molecule has 32 heavy (non-hydrogen) atoms. The number of aryl methyl sites for hydroxylation is 1. The van der Waals surface area contributed by atoms with E-state index in [1.165, 1.54) is 23.6 Å². The summed E-state index contributed by atoms with van der Waals surface area (Å²) in [6.45, 7) is 5.55. The minimum atomic E-state index is -0.320. The number of amides is 1. The Hall–Kier alpha value is -2.27. The lowest BCUT2D eigenvalue weighted by Crippen LogP contribution is -2.45. The van der Waals surface area contributed by atoms with Crippen LogP contribution < -0.4 is 4.80 Å². The van der Waals surface area contributed by atoms with Crippen LogP contribution in [0.25, 0.3) is 0 Å². The van der Waals surface area contributed by atoms with Crippen molar-refractivity contribution in [3.05, 3.63) is 73.3 Å². The molecule has 1 aromatic carbocycles. The van der Waals surface area contributed by atoms with Crippen molar-refractivity contribution in [2.24, 2.45) is 4.99 Å². The molecule has 2 aromatic heterocycles. The minimum absolute atomic E-state index is 0.190. The molecule has 11 heteroatoms. The van der Waals surface area contributed by atoms with Gasteiger partial charge in [-0.3, -0.25) is 9.69 Å². The molecule has 1 aliphatic heterocycles. The first-order chi connectivity index (χ1) is 15.4. The van der Waals surface area contributed by atoms with Gasteiger partial charge in [-0.05, 0) is 30.7 Å². The topological polar surface area (TPSA) is 74.0 Å². The van der Waals surface area contributed by atoms with Gasteiger partial charge in [-0.1, -0.05) is 39.7 Å². The van der Waals surface area contributed by atoms with Gasteiger partial charge in [0.15, 0.2) is 5.82 Å². The predicted molar refractivity (Wildman–Crippen MR) is 126 cm³/mol. The fourth-order valence-electron chi connectivity index (χ4n) is 2.98. The molecule has 1 fully saturated rings. The van der Waals surface area contributed by atoms with Crippen molar-refractivity contribution in [1.82, 2.24) is 19.5 Å². The number of halogens is 3. The smallest absolute Gasteiger partial charge is 0.225 e. The lowest BCUT2D eigenvalue weighted by molar-refractivity contribution is -0.119. The molecule has 0 saturated carbocycles. The average Bonchev–Trinajstić information content (AvgIpc) is 3.17. The summed E-state index contributed by atoms with van der Waals surface area (Å²) in [7, 11) is 0. The van der Waals surface area contributed by atoms with Gasteiger partial charge in [0.25, 0.3) is 0 Å². The first kappa shape index (κ1) is 24.4. The van der Waals surface area contributed by atoms with Crippen LogP contribution in [0.1, 0.15) is 11.3 Å². The quantitative estimate of drug-likeness (QED) is 0.395. The Labute approximate surface area is 202 Å². The van der Waals surface area contributed by atoms with Crippen molar-refractivity contribution in [2.45, 2.75) is 13.5 Å².